The molecule has 0 aliphatic rings. The van der Waals surface area contributed by atoms with E-state index in [1.807, 2.05) is 12.1 Å². The Hall–Kier alpha value is -6.58. The quantitative estimate of drug-likeness (QED) is 0.181. The van der Waals surface area contributed by atoms with Crippen molar-refractivity contribution in [3.05, 3.63) is 188 Å². The molecule has 3 nitrogen and oxygen atoms in total. The van der Waals surface area contributed by atoms with Gasteiger partial charge in [-0.3, -0.25) is 0 Å². The maximum absolute atomic E-state index is 5.09. The van der Waals surface area contributed by atoms with Crippen LogP contribution >= 0.6 is 0 Å². The average molecular weight is 640 g/mol. The highest BCUT2D eigenvalue weighted by Gasteiger charge is 2.17. The lowest BCUT2D eigenvalue weighted by molar-refractivity contribution is 1.14. The minimum Gasteiger partial charge on any atom is -0.309 e. The molecular formula is C47H33N3. The Balaban J connectivity index is 1.21. The van der Waals surface area contributed by atoms with Crippen molar-refractivity contribution in [2.45, 2.75) is 6.92 Å². The molecule has 50 heavy (non-hydrogen) atoms. The van der Waals surface area contributed by atoms with Crippen molar-refractivity contribution in [3.63, 3.8) is 0 Å². The van der Waals surface area contributed by atoms with Crippen LogP contribution < -0.4 is 0 Å². The lowest BCUT2D eigenvalue weighted by Crippen LogP contribution is -1.99. The van der Waals surface area contributed by atoms with E-state index < -0.39 is 0 Å². The maximum atomic E-state index is 5.09. The summed E-state index contributed by atoms with van der Waals surface area (Å²) in [7, 11) is 0. The molecule has 0 atom stereocenters. The van der Waals surface area contributed by atoms with Gasteiger partial charge in [-0.1, -0.05) is 133 Å². The van der Waals surface area contributed by atoms with E-state index in [9.17, 15) is 0 Å². The molecule has 2 heterocycles. The van der Waals surface area contributed by atoms with Crippen LogP contribution in [-0.4, -0.2) is 14.5 Å². The Morgan fingerprint density at radius 3 is 1.22 bits per heavy atom. The van der Waals surface area contributed by atoms with Crippen LogP contribution in [0.4, 0.5) is 0 Å². The van der Waals surface area contributed by atoms with Gasteiger partial charge >= 0.3 is 0 Å². The van der Waals surface area contributed by atoms with Gasteiger partial charge in [-0.2, -0.15) is 0 Å². The molecule has 9 rings (SSSR count). The molecule has 0 saturated carbocycles. The third-order valence-corrected chi connectivity index (χ3v) is 9.54. The molecule has 0 radical (unpaired) electrons. The summed E-state index contributed by atoms with van der Waals surface area (Å²) in [5, 5.41) is 2.46. The Bertz CT molecular complexity index is 2470. The number of aryl methyl sites for hydroxylation is 1. The molecule has 0 spiro atoms. The normalized spacial score (nSPS) is 11.3. The molecule has 0 saturated heterocycles. The van der Waals surface area contributed by atoms with Crippen molar-refractivity contribution >= 4 is 21.8 Å². The standard InChI is InChI=1S/C47H33N3/c1-32-28-39(47-48-42(35-18-10-4-11-19-35)31-43(49-47)36-20-12-5-13-21-36)24-25-44(32)50-45-26-22-37(33-14-6-2-7-15-33)29-40(45)41-30-38(23-27-46(41)50)34-16-8-3-9-17-34/h2-31H,1H3. The number of rotatable bonds is 6. The number of hydrogen-bond acceptors (Lipinski definition) is 2. The van der Waals surface area contributed by atoms with E-state index in [-0.39, 0.29) is 0 Å². The zero-order valence-electron chi connectivity index (χ0n) is 27.7. The summed E-state index contributed by atoms with van der Waals surface area (Å²) >= 11 is 0. The number of benzene rings is 7. The van der Waals surface area contributed by atoms with Gasteiger partial charge in [0.1, 0.15) is 0 Å². The van der Waals surface area contributed by atoms with Crippen LogP contribution in [0, 0.1) is 6.92 Å². The van der Waals surface area contributed by atoms with Crippen LogP contribution in [0.5, 0.6) is 0 Å². The molecule has 9 aromatic rings. The summed E-state index contributed by atoms with van der Waals surface area (Å²) in [6.45, 7) is 2.19. The number of fused-ring (bicyclic) bond motifs is 3. The van der Waals surface area contributed by atoms with E-state index >= 15 is 0 Å². The summed E-state index contributed by atoms with van der Waals surface area (Å²) in [6.07, 6.45) is 0. The first-order valence-corrected chi connectivity index (χ1v) is 17.0. The van der Waals surface area contributed by atoms with Crippen molar-refractivity contribution in [3.8, 4) is 61.8 Å². The molecule has 0 aliphatic carbocycles. The Morgan fingerprint density at radius 2 is 0.780 bits per heavy atom. The van der Waals surface area contributed by atoms with Gasteiger partial charge in [0.2, 0.25) is 0 Å². The molecule has 0 unspecified atom stereocenters. The molecule has 2 aromatic heterocycles. The molecule has 0 aliphatic heterocycles. The SMILES string of the molecule is Cc1cc(-c2nc(-c3ccccc3)cc(-c3ccccc3)n2)ccc1-n1c2ccc(-c3ccccc3)cc2c2cc(-c3ccccc3)ccc21. The predicted molar refractivity (Wildman–Crippen MR) is 208 cm³/mol. The van der Waals surface area contributed by atoms with Gasteiger partial charge < -0.3 is 4.57 Å². The zero-order chi connectivity index (χ0) is 33.4. The molecular weight excluding hydrogens is 607 g/mol. The van der Waals surface area contributed by atoms with Gasteiger partial charge in [-0.15, -0.1) is 0 Å². The van der Waals surface area contributed by atoms with E-state index in [0.29, 0.717) is 5.82 Å². The summed E-state index contributed by atoms with van der Waals surface area (Å²) in [6, 6.07) is 64.3. The van der Waals surface area contributed by atoms with E-state index in [2.05, 4.69) is 181 Å². The monoisotopic (exact) mass is 639 g/mol. The molecule has 3 heteroatoms. The zero-order valence-corrected chi connectivity index (χ0v) is 27.7. The van der Waals surface area contributed by atoms with E-state index in [1.165, 1.54) is 44.1 Å². The smallest absolute Gasteiger partial charge is 0.160 e. The van der Waals surface area contributed by atoms with Crippen molar-refractivity contribution in [1.29, 1.82) is 0 Å². The van der Waals surface area contributed by atoms with Crippen molar-refractivity contribution in [2.24, 2.45) is 0 Å². The van der Waals surface area contributed by atoms with Crippen molar-refractivity contribution < 1.29 is 0 Å². The third-order valence-electron chi connectivity index (χ3n) is 9.54. The molecule has 0 fully saturated rings. The van der Waals surface area contributed by atoms with E-state index in [4.69, 9.17) is 9.97 Å². The lowest BCUT2D eigenvalue weighted by atomic mass is 10.0. The summed E-state index contributed by atoms with van der Waals surface area (Å²) in [5.74, 6) is 0.710. The van der Waals surface area contributed by atoms with Crippen LogP contribution in [-0.2, 0) is 0 Å². The first-order chi connectivity index (χ1) is 24.7. The highest BCUT2D eigenvalue weighted by atomic mass is 15.0. The van der Waals surface area contributed by atoms with Crippen LogP contribution in [0.3, 0.4) is 0 Å². The Kier molecular flexibility index (Phi) is 7.37. The largest absolute Gasteiger partial charge is 0.309 e. The number of aromatic nitrogens is 3. The Labute approximate surface area is 291 Å². The predicted octanol–water partition coefficient (Wildman–Crippen LogP) is 12.2. The maximum Gasteiger partial charge on any atom is 0.160 e. The second-order valence-electron chi connectivity index (χ2n) is 12.7. The van der Waals surface area contributed by atoms with Gasteiger partial charge in [-0.05, 0) is 83.3 Å². The second-order valence-corrected chi connectivity index (χ2v) is 12.7. The molecule has 0 bridgehead atoms. The van der Waals surface area contributed by atoms with Crippen LogP contribution in [0.1, 0.15) is 5.56 Å². The first kappa shape index (κ1) is 29.6. The highest BCUT2D eigenvalue weighted by molar-refractivity contribution is 6.11. The molecule has 236 valence electrons. The minimum atomic E-state index is 0.710. The van der Waals surface area contributed by atoms with Gasteiger partial charge in [-0.25, -0.2) is 9.97 Å². The fraction of sp³-hybridized carbons (Fsp3) is 0.0213. The molecule has 0 amide bonds. The minimum absolute atomic E-state index is 0.710. The highest BCUT2D eigenvalue weighted by Crippen LogP contribution is 2.38. The number of hydrogen-bond donors (Lipinski definition) is 0. The van der Waals surface area contributed by atoms with Crippen LogP contribution in [0.25, 0.3) is 83.6 Å². The molecule has 7 aromatic carbocycles. The van der Waals surface area contributed by atoms with Gasteiger partial charge in [0.05, 0.1) is 22.4 Å². The molecule has 0 N–H and O–H groups in total. The third kappa shape index (κ3) is 5.35. The van der Waals surface area contributed by atoms with Crippen LogP contribution in [0.15, 0.2) is 182 Å². The topological polar surface area (TPSA) is 30.7 Å². The fourth-order valence-electron chi connectivity index (χ4n) is 7.04. The second kappa shape index (κ2) is 12.5. The first-order valence-electron chi connectivity index (χ1n) is 17.0. The summed E-state index contributed by atoms with van der Waals surface area (Å²) < 4.78 is 2.41. The van der Waals surface area contributed by atoms with E-state index in [0.717, 1.165) is 39.3 Å². The summed E-state index contributed by atoms with van der Waals surface area (Å²) in [5.41, 5.74) is 14.4. The van der Waals surface area contributed by atoms with Crippen molar-refractivity contribution in [2.75, 3.05) is 0 Å². The fourth-order valence-corrected chi connectivity index (χ4v) is 7.04. The average Bonchev–Trinajstić information content (AvgIpc) is 3.51. The summed E-state index contributed by atoms with van der Waals surface area (Å²) in [4.78, 5) is 10.2. The lowest BCUT2D eigenvalue weighted by Gasteiger charge is -2.14. The van der Waals surface area contributed by atoms with E-state index in [1.54, 1.807) is 0 Å². The van der Waals surface area contributed by atoms with Gasteiger partial charge in [0.25, 0.3) is 0 Å². The number of nitrogens with zero attached hydrogens (tertiary/aromatic N) is 3. The van der Waals surface area contributed by atoms with Gasteiger partial charge in [0, 0.05) is 33.2 Å². The van der Waals surface area contributed by atoms with Crippen molar-refractivity contribution in [1.82, 2.24) is 14.5 Å². The Morgan fingerprint density at radius 1 is 0.360 bits per heavy atom. The van der Waals surface area contributed by atoms with Crippen LogP contribution in [0.2, 0.25) is 0 Å². The van der Waals surface area contributed by atoms with Gasteiger partial charge in [0.15, 0.2) is 5.82 Å².